The van der Waals surface area contributed by atoms with Gasteiger partial charge in [-0.2, -0.15) is 0 Å². The molecule has 1 heterocycles. The molecular formula is C22H22N4O3. The van der Waals surface area contributed by atoms with E-state index in [1.165, 1.54) is 0 Å². The number of rotatable bonds is 7. The fraction of sp³-hybridized carbons (Fsp3) is 0.227. The van der Waals surface area contributed by atoms with E-state index in [9.17, 15) is 9.59 Å². The van der Waals surface area contributed by atoms with Crippen LogP contribution in [0.15, 0.2) is 61.1 Å². The van der Waals surface area contributed by atoms with Crippen LogP contribution in [0, 0.1) is 5.92 Å². The smallest absolute Gasteiger partial charge is 0.255 e. The quantitative estimate of drug-likeness (QED) is 0.641. The maximum absolute atomic E-state index is 12.5. The van der Waals surface area contributed by atoms with Crippen LogP contribution in [-0.4, -0.2) is 28.0 Å². The topological polar surface area (TPSA) is 85.2 Å². The second-order valence-electron chi connectivity index (χ2n) is 6.89. The van der Waals surface area contributed by atoms with Gasteiger partial charge in [-0.25, -0.2) is 4.98 Å². The minimum absolute atomic E-state index is 0.0246. The molecule has 0 radical (unpaired) electrons. The molecule has 4 rings (SSSR count). The number of carbonyl (C=O) groups excluding carboxylic acids is 2. The highest BCUT2D eigenvalue weighted by molar-refractivity contribution is 6.04. The first-order chi connectivity index (χ1) is 14.1. The summed E-state index contributed by atoms with van der Waals surface area (Å²) in [6, 6.07) is 14.4. The van der Waals surface area contributed by atoms with Gasteiger partial charge in [-0.05, 0) is 68.3 Å². The Hall–Kier alpha value is -3.61. The molecule has 0 aliphatic heterocycles. The summed E-state index contributed by atoms with van der Waals surface area (Å²) in [7, 11) is 0. The molecule has 7 nitrogen and oxygen atoms in total. The second-order valence-corrected chi connectivity index (χ2v) is 6.89. The summed E-state index contributed by atoms with van der Waals surface area (Å²) < 4.78 is 7.20. The molecule has 1 aliphatic rings. The zero-order valence-electron chi connectivity index (χ0n) is 16.1. The fourth-order valence-corrected chi connectivity index (χ4v) is 2.89. The van der Waals surface area contributed by atoms with Crippen LogP contribution >= 0.6 is 0 Å². The van der Waals surface area contributed by atoms with Gasteiger partial charge in [-0.3, -0.25) is 9.59 Å². The van der Waals surface area contributed by atoms with Crippen molar-refractivity contribution in [3.8, 4) is 11.4 Å². The van der Waals surface area contributed by atoms with Crippen molar-refractivity contribution in [3.05, 3.63) is 66.6 Å². The monoisotopic (exact) mass is 390 g/mol. The van der Waals surface area contributed by atoms with E-state index in [1.807, 2.05) is 31.2 Å². The average molecular weight is 390 g/mol. The van der Waals surface area contributed by atoms with Gasteiger partial charge >= 0.3 is 0 Å². The van der Waals surface area contributed by atoms with Crippen LogP contribution in [0.2, 0.25) is 0 Å². The normalized spacial score (nSPS) is 13.0. The van der Waals surface area contributed by atoms with E-state index >= 15 is 0 Å². The number of amides is 2. The summed E-state index contributed by atoms with van der Waals surface area (Å²) in [6.07, 6.45) is 5.30. The summed E-state index contributed by atoms with van der Waals surface area (Å²) in [6.45, 7) is 2.53. The maximum atomic E-state index is 12.5. The molecular weight excluding hydrogens is 368 g/mol. The first kappa shape index (κ1) is 18.7. The molecule has 0 spiro atoms. The third-order valence-corrected chi connectivity index (χ3v) is 4.63. The van der Waals surface area contributed by atoms with Gasteiger partial charge in [-0.1, -0.05) is 0 Å². The first-order valence-corrected chi connectivity index (χ1v) is 9.62. The molecule has 3 aromatic rings. The van der Waals surface area contributed by atoms with Crippen molar-refractivity contribution in [2.75, 3.05) is 17.2 Å². The van der Waals surface area contributed by atoms with Gasteiger partial charge in [0, 0.05) is 22.9 Å². The summed E-state index contributed by atoms with van der Waals surface area (Å²) in [4.78, 5) is 28.5. The van der Waals surface area contributed by atoms with Crippen LogP contribution in [0.1, 0.15) is 30.1 Å². The Bertz CT molecular complexity index is 1010. The molecule has 29 heavy (non-hydrogen) atoms. The van der Waals surface area contributed by atoms with Crippen molar-refractivity contribution < 1.29 is 14.3 Å². The Morgan fingerprint density at radius 3 is 2.45 bits per heavy atom. The zero-order chi connectivity index (χ0) is 20.2. The molecule has 1 aliphatic carbocycles. The Kier molecular flexibility index (Phi) is 5.29. The number of nitrogens with zero attached hydrogens (tertiary/aromatic N) is 2. The number of carbonyl (C=O) groups is 2. The lowest BCUT2D eigenvalue weighted by Gasteiger charge is -2.08. The molecule has 0 atom stereocenters. The largest absolute Gasteiger partial charge is 0.494 e. The average Bonchev–Trinajstić information content (AvgIpc) is 3.49. The first-order valence-electron chi connectivity index (χ1n) is 9.62. The van der Waals surface area contributed by atoms with E-state index < -0.39 is 0 Å². The van der Waals surface area contributed by atoms with Crippen LogP contribution in [0.25, 0.3) is 5.69 Å². The SMILES string of the molecule is CCOc1ccc(NC(=O)c2ccc(-n3cnc(NC(=O)C4CC4)c3)cc2)cc1. The molecule has 0 saturated heterocycles. The van der Waals surface area contributed by atoms with E-state index in [0.717, 1.165) is 24.3 Å². The molecule has 0 bridgehead atoms. The maximum Gasteiger partial charge on any atom is 0.255 e. The summed E-state index contributed by atoms with van der Waals surface area (Å²) in [5, 5.41) is 5.69. The number of hydrogen-bond acceptors (Lipinski definition) is 4. The van der Waals surface area contributed by atoms with Crippen LogP contribution in [0.4, 0.5) is 11.5 Å². The number of ether oxygens (including phenoxy) is 1. The molecule has 1 saturated carbocycles. The Labute approximate surface area is 168 Å². The van der Waals surface area contributed by atoms with Crippen molar-refractivity contribution in [3.63, 3.8) is 0 Å². The summed E-state index contributed by atoms with van der Waals surface area (Å²) in [5.41, 5.74) is 2.10. The van der Waals surface area contributed by atoms with Gasteiger partial charge in [0.05, 0.1) is 12.8 Å². The molecule has 0 unspecified atom stereocenters. The molecule has 2 aromatic carbocycles. The van der Waals surface area contributed by atoms with Gasteiger partial charge < -0.3 is 19.9 Å². The van der Waals surface area contributed by atoms with E-state index in [-0.39, 0.29) is 17.7 Å². The highest BCUT2D eigenvalue weighted by Crippen LogP contribution is 2.30. The standard InChI is InChI=1S/C22H22N4O3/c1-2-29-19-11-7-17(8-12-19)24-21(27)16-5-9-18(10-6-16)26-13-20(23-14-26)25-22(28)15-3-4-15/h5-15H,2-4H2,1H3,(H,24,27)(H,25,28). The molecule has 7 heteroatoms. The Morgan fingerprint density at radius 2 is 1.79 bits per heavy atom. The van der Waals surface area contributed by atoms with Crippen LogP contribution < -0.4 is 15.4 Å². The third-order valence-electron chi connectivity index (χ3n) is 4.63. The van der Waals surface area contributed by atoms with Gasteiger partial charge in [0.25, 0.3) is 5.91 Å². The van der Waals surface area contributed by atoms with E-state index in [0.29, 0.717) is 23.7 Å². The van der Waals surface area contributed by atoms with Crippen molar-refractivity contribution in [2.45, 2.75) is 19.8 Å². The fourth-order valence-electron chi connectivity index (χ4n) is 2.89. The molecule has 148 valence electrons. The highest BCUT2D eigenvalue weighted by Gasteiger charge is 2.29. The van der Waals surface area contributed by atoms with Crippen molar-refractivity contribution in [1.29, 1.82) is 0 Å². The second kappa shape index (κ2) is 8.18. The van der Waals surface area contributed by atoms with Crippen molar-refractivity contribution in [2.24, 2.45) is 5.92 Å². The summed E-state index contributed by atoms with van der Waals surface area (Å²) in [5.74, 6) is 1.26. The van der Waals surface area contributed by atoms with Gasteiger partial charge in [-0.15, -0.1) is 0 Å². The zero-order valence-corrected chi connectivity index (χ0v) is 16.1. The highest BCUT2D eigenvalue weighted by atomic mass is 16.5. The lowest BCUT2D eigenvalue weighted by atomic mass is 10.2. The minimum atomic E-state index is -0.191. The number of imidazole rings is 1. The Morgan fingerprint density at radius 1 is 1.07 bits per heavy atom. The van der Waals surface area contributed by atoms with Crippen LogP contribution in [-0.2, 0) is 4.79 Å². The molecule has 2 N–H and O–H groups in total. The van der Waals surface area contributed by atoms with E-state index in [1.54, 1.807) is 41.4 Å². The van der Waals surface area contributed by atoms with Crippen LogP contribution in [0.5, 0.6) is 5.75 Å². The predicted molar refractivity (Wildman–Crippen MR) is 110 cm³/mol. The van der Waals surface area contributed by atoms with E-state index in [2.05, 4.69) is 15.6 Å². The molecule has 1 fully saturated rings. The lowest BCUT2D eigenvalue weighted by Crippen LogP contribution is -2.13. The Balaban J connectivity index is 1.38. The van der Waals surface area contributed by atoms with Crippen LogP contribution in [0.3, 0.4) is 0 Å². The molecule has 1 aromatic heterocycles. The van der Waals surface area contributed by atoms with Crippen molar-refractivity contribution >= 4 is 23.3 Å². The lowest BCUT2D eigenvalue weighted by molar-refractivity contribution is -0.117. The minimum Gasteiger partial charge on any atom is -0.494 e. The predicted octanol–water partition coefficient (Wildman–Crippen LogP) is 3.87. The van der Waals surface area contributed by atoms with E-state index in [4.69, 9.17) is 4.74 Å². The third kappa shape index (κ3) is 4.63. The number of anilines is 2. The van der Waals surface area contributed by atoms with Gasteiger partial charge in [0.2, 0.25) is 5.91 Å². The summed E-state index contributed by atoms with van der Waals surface area (Å²) >= 11 is 0. The molecule has 2 amide bonds. The number of nitrogens with one attached hydrogen (secondary N) is 2. The van der Waals surface area contributed by atoms with Gasteiger partial charge in [0.1, 0.15) is 12.1 Å². The van der Waals surface area contributed by atoms with Gasteiger partial charge in [0.15, 0.2) is 5.82 Å². The number of hydrogen-bond donors (Lipinski definition) is 2. The number of aromatic nitrogens is 2. The number of benzene rings is 2. The van der Waals surface area contributed by atoms with Crippen molar-refractivity contribution in [1.82, 2.24) is 9.55 Å².